The van der Waals surface area contributed by atoms with Gasteiger partial charge < -0.3 is 14.0 Å². The molecule has 0 saturated carbocycles. The molecular formula is C21H25ClN2O2. The number of aromatic nitrogens is 2. The van der Waals surface area contributed by atoms with Crippen LogP contribution in [0.15, 0.2) is 36.4 Å². The van der Waals surface area contributed by atoms with Crippen molar-refractivity contribution in [1.29, 1.82) is 0 Å². The van der Waals surface area contributed by atoms with Crippen LogP contribution in [-0.4, -0.2) is 23.8 Å². The Bertz CT molecular complexity index is 904. The molecular weight excluding hydrogens is 348 g/mol. The Kier molecular flexibility index (Phi) is 5.72. The molecule has 3 rings (SSSR count). The summed E-state index contributed by atoms with van der Waals surface area (Å²) in [7, 11) is 3.31. The topological polar surface area (TPSA) is 36.3 Å². The van der Waals surface area contributed by atoms with Crippen molar-refractivity contribution in [2.24, 2.45) is 0 Å². The summed E-state index contributed by atoms with van der Waals surface area (Å²) in [5.41, 5.74) is 3.28. The van der Waals surface area contributed by atoms with Gasteiger partial charge in [0, 0.05) is 17.5 Å². The molecule has 1 aromatic heterocycles. The molecule has 1 unspecified atom stereocenters. The maximum Gasteiger partial charge on any atom is 0.160 e. The van der Waals surface area contributed by atoms with Crippen molar-refractivity contribution in [3.05, 3.63) is 52.8 Å². The fraction of sp³-hybridized carbons (Fsp3) is 0.381. The fourth-order valence-corrected chi connectivity index (χ4v) is 3.35. The SMILES string of the molecule is CCC(C)c1nc2ccc(Cl)cc2n1CCc1ccc(OC)c(OC)c1. The Morgan fingerprint density at radius 2 is 1.85 bits per heavy atom. The molecule has 0 bridgehead atoms. The summed E-state index contributed by atoms with van der Waals surface area (Å²) in [6, 6.07) is 12.0. The van der Waals surface area contributed by atoms with E-state index in [-0.39, 0.29) is 0 Å². The molecule has 3 aromatic rings. The number of methoxy groups -OCH3 is 2. The zero-order chi connectivity index (χ0) is 18.7. The van der Waals surface area contributed by atoms with Gasteiger partial charge in [-0.05, 0) is 48.7 Å². The molecule has 0 aliphatic heterocycles. The van der Waals surface area contributed by atoms with Crippen LogP contribution in [0, 0.1) is 0 Å². The van der Waals surface area contributed by atoms with Crippen molar-refractivity contribution in [3.63, 3.8) is 0 Å². The molecule has 138 valence electrons. The predicted octanol–water partition coefficient (Wildman–Crippen LogP) is 5.46. The third-order valence-electron chi connectivity index (χ3n) is 4.86. The molecule has 0 amide bonds. The third kappa shape index (κ3) is 3.65. The van der Waals surface area contributed by atoms with E-state index in [0.717, 1.165) is 52.8 Å². The number of halogens is 1. The molecule has 5 heteroatoms. The minimum absolute atomic E-state index is 0.395. The first kappa shape index (κ1) is 18.6. The molecule has 0 spiro atoms. The molecule has 0 fully saturated rings. The Morgan fingerprint density at radius 3 is 2.54 bits per heavy atom. The second-order valence-corrected chi connectivity index (χ2v) is 6.94. The maximum absolute atomic E-state index is 6.23. The lowest BCUT2D eigenvalue weighted by atomic mass is 10.1. The number of nitrogens with zero attached hydrogens (tertiary/aromatic N) is 2. The lowest BCUT2D eigenvalue weighted by Gasteiger charge is -2.14. The van der Waals surface area contributed by atoms with E-state index in [2.05, 4.69) is 24.5 Å². The first-order valence-corrected chi connectivity index (χ1v) is 9.31. The van der Waals surface area contributed by atoms with Crippen molar-refractivity contribution in [2.45, 2.75) is 39.2 Å². The molecule has 0 N–H and O–H groups in total. The van der Waals surface area contributed by atoms with E-state index >= 15 is 0 Å². The zero-order valence-corrected chi connectivity index (χ0v) is 16.5. The van der Waals surface area contributed by atoms with Crippen LogP contribution >= 0.6 is 11.6 Å². The van der Waals surface area contributed by atoms with Crippen LogP contribution in [0.25, 0.3) is 11.0 Å². The highest BCUT2D eigenvalue weighted by atomic mass is 35.5. The molecule has 4 nitrogen and oxygen atoms in total. The van der Waals surface area contributed by atoms with Gasteiger partial charge in [-0.1, -0.05) is 31.5 Å². The molecule has 0 saturated heterocycles. The van der Waals surface area contributed by atoms with E-state index in [1.807, 2.05) is 30.3 Å². The average Bonchev–Trinajstić information content (AvgIpc) is 3.03. The Morgan fingerprint density at radius 1 is 1.08 bits per heavy atom. The normalized spacial score (nSPS) is 12.3. The number of imidazole rings is 1. The number of hydrogen-bond acceptors (Lipinski definition) is 3. The van der Waals surface area contributed by atoms with Crippen molar-refractivity contribution < 1.29 is 9.47 Å². The summed E-state index contributed by atoms with van der Waals surface area (Å²) in [6.45, 7) is 5.25. The number of hydrogen-bond donors (Lipinski definition) is 0. The maximum atomic E-state index is 6.23. The van der Waals surface area contributed by atoms with E-state index < -0.39 is 0 Å². The average molecular weight is 373 g/mol. The summed E-state index contributed by atoms with van der Waals surface area (Å²) in [4.78, 5) is 4.86. The Labute approximate surface area is 159 Å². The highest BCUT2D eigenvalue weighted by Crippen LogP contribution is 2.29. The van der Waals surface area contributed by atoms with Crippen molar-refractivity contribution >= 4 is 22.6 Å². The first-order valence-electron chi connectivity index (χ1n) is 8.94. The monoisotopic (exact) mass is 372 g/mol. The van der Waals surface area contributed by atoms with Crippen LogP contribution < -0.4 is 9.47 Å². The van der Waals surface area contributed by atoms with Crippen LogP contribution in [0.5, 0.6) is 11.5 Å². The van der Waals surface area contributed by atoms with Gasteiger partial charge in [0.05, 0.1) is 25.3 Å². The number of rotatable bonds is 7. The molecule has 1 atom stereocenters. The summed E-state index contributed by atoms with van der Waals surface area (Å²) < 4.78 is 13.0. The third-order valence-corrected chi connectivity index (χ3v) is 5.10. The zero-order valence-electron chi connectivity index (χ0n) is 15.8. The second kappa shape index (κ2) is 8.00. The summed E-state index contributed by atoms with van der Waals surface area (Å²) in [5, 5.41) is 0.737. The smallest absolute Gasteiger partial charge is 0.160 e. The Hall–Kier alpha value is -2.20. The quantitative estimate of drug-likeness (QED) is 0.552. The van der Waals surface area contributed by atoms with E-state index in [4.69, 9.17) is 26.1 Å². The van der Waals surface area contributed by atoms with Crippen molar-refractivity contribution in [3.8, 4) is 11.5 Å². The van der Waals surface area contributed by atoms with Crippen LogP contribution in [0.1, 0.15) is 37.6 Å². The molecule has 0 radical (unpaired) electrons. The van der Waals surface area contributed by atoms with Gasteiger partial charge in [-0.2, -0.15) is 0 Å². The molecule has 0 aliphatic rings. The van der Waals surface area contributed by atoms with Gasteiger partial charge in [-0.15, -0.1) is 0 Å². The second-order valence-electron chi connectivity index (χ2n) is 6.50. The number of benzene rings is 2. The van der Waals surface area contributed by atoms with Crippen molar-refractivity contribution in [2.75, 3.05) is 14.2 Å². The molecule has 2 aromatic carbocycles. The highest BCUT2D eigenvalue weighted by Gasteiger charge is 2.16. The lowest BCUT2D eigenvalue weighted by Crippen LogP contribution is -2.09. The molecule has 26 heavy (non-hydrogen) atoms. The summed E-state index contributed by atoms with van der Waals surface area (Å²) in [6.07, 6.45) is 1.93. The van der Waals surface area contributed by atoms with Gasteiger partial charge in [-0.3, -0.25) is 0 Å². The summed E-state index contributed by atoms with van der Waals surface area (Å²) >= 11 is 6.23. The van der Waals surface area contributed by atoms with Gasteiger partial charge in [0.1, 0.15) is 5.82 Å². The van der Waals surface area contributed by atoms with Gasteiger partial charge in [0.2, 0.25) is 0 Å². The fourth-order valence-electron chi connectivity index (χ4n) is 3.19. The van der Waals surface area contributed by atoms with Crippen molar-refractivity contribution in [1.82, 2.24) is 9.55 Å². The van der Waals surface area contributed by atoms with E-state index in [9.17, 15) is 0 Å². The molecule has 0 aliphatic carbocycles. The van der Waals surface area contributed by atoms with Crippen LogP contribution in [0.4, 0.5) is 0 Å². The lowest BCUT2D eigenvalue weighted by molar-refractivity contribution is 0.354. The van der Waals surface area contributed by atoms with E-state index in [0.29, 0.717) is 5.92 Å². The number of ether oxygens (including phenoxy) is 2. The van der Waals surface area contributed by atoms with E-state index in [1.54, 1.807) is 14.2 Å². The number of aryl methyl sites for hydroxylation is 2. The first-order chi connectivity index (χ1) is 12.6. The Balaban J connectivity index is 1.94. The number of fused-ring (bicyclic) bond motifs is 1. The van der Waals surface area contributed by atoms with Gasteiger partial charge in [0.15, 0.2) is 11.5 Å². The minimum atomic E-state index is 0.395. The van der Waals surface area contributed by atoms with Crippen LogP contribution in [-0.2, 0) is 13.0 Å². The predicted molar refractivity (Wildman–Crippen MR) is 107 cm³/mol. The summed E-state index contributed by atoms with van der Waals surface area (Å²) in [5.74, 6) is 3.01. The standard InChI is InChI=1S/C21H25ClN2O2/c1-5-14(2)21-23-17-8-7-16(22)13-18(17)24(21)11-10-15-6-9-19(25-3)20(12-15)26-4/h6-9,12-14H,5,10-11H2,1-4H3. The highest BCUT2D eigenvalue weighted by molar-refractivity contribution is 6.31. The molecule has 1 heterocycles. The van der Waals surface area contributed by atoms with Crippen LogP contribution in [0.2, 0.25) is 5.02 Å². The largest absolute Gasteiger partial charge is 0.493 e. The van der Waals surface area contributed by atoms with Crippen LogP contribution in [0.3, 0.4) is 0 Å². The van der Waals surface area contributed by atoms with Gasteiger partial charge >= 0.3 is 0 Å². The van der Waals surface area contributed by atoms with E-state index in [1.165, 1.54) is 5.56 Å². The minimum Gasteiger partial charge on any atom is -0.493 e. The van der Waals surface area contributed by atoms with Gasteiger partial charge in [0.25, 0.3) is 0 Å². The van der Waals surface area contributed by atoms with Gasteiger partial charge in [-0.25, -0.2) is 4.98 Å².